The average Bonchev–Trinajstić information content (AvgIpc) is 3.14. The van der Waals surface area contributed by atoms with Gasteiger partial charge in [-0.2, -0.15) is 4.80 Å². The van der Waals surface area contributed by atoms with Crippen LogP contribution in [0.3, 0.4) is 0 Å². The molecule has 3 aromatic rings. The molecular weight excluding hydrogens is 344 g/mol. The minimum atomic E-state index is -0.381. The van der Waals surface area contributed by atoms with Gasteiger partial charge in [-0.3, -0.25) is 9.78 Å². The quantitative estimate of drug-likeness (QED) is 0.704. The van der Waals surface area contributed by atoms with Gasteiger partial charge < -0.3 is 9.64 Å². The fraction of sp³-hybridized carbons (Fsp3) is 0.316. The molecule has 0 radical (unpaired) electrons. The number of amides is 1. The number of ether oxygens (including phenoxy) is 1. The Morgan fingerprint density at radius 3 is 2.78 bits per heavy atom. The van der Waals surface area contributed by atoms with E-state index in [0.29, 0.717) is 36.8 Å². The molecular formula is C19H20N6O2. The number of hydrogen-bond acceptors (Lipinski definition) is 6. The van der Waals surface area contributed by atoms with Crippen LogP contribution in [0.25, 0.3) is 11.1 Å². The Morgan fingerprint density at radius 2 is 2.04 bits per heavy atom. The van der Waals surface area contributed by atoms with Gasteiger partial charge in [-0.15, -0.1) is 10.2 Å². The average molecular weight is 364 g/mol. The molecule has 1 aliphatic heterocycles. The molecule has 138 valence electrons. The summed E-state index contributed by atoms with van der Waals surface area (Å²) in [5.74, 6) is 0.429. The number of carbonyl (C=O) groups excluding carboxylic acids is 1. The van der Waals surface area contributed by atoms with Crippen molar-refractivity contribution in [2.45, 2.75) is 13.0 Å². The molecule has 1 unspecified atom stereocenters. The van der Waals surface area contributed by atoms with Crippen LogP contribution in [0.1, 0.15) is 28.0 Å². The third-order valence-electron chi connectivity index (χ3n) is 4.60. The Labute approximate surface area is 156 Å². The van der Waals surface area contributed by atoms with Crippen LogP contribution < -0.4 is 0 Å². The lowest BCUT2D eigenvalue weighted by Crippen LogP contribution is -2.43. The van der Waals surface area contributed by atoms with Crippen molar-refractivity contribution in [2.24, 2.45) is 7.05 Å². The van der Waals surface area contributed by atoms with Crippen LogP contribution in [0.15, 0.2) is 42.6 Å². The molecule has 1 atom stereocenters. The van der Waals surface area contributed by atoms with Crippen molar-refractivity contribution in [3.05, 3.63) is 59.7 Å². The van der Waals surface area contributed by atoms with E-state index in [9.17, 15) is 4.79 Å². The monoisotopic (exact) mass is 364 g/mol. The highest BCUT2D eigenvalue weighted by atomic mass is 16.5. The van der Waals surface area contributed by atoms with Gasteiger partial charge in [0.2, 0.25) is 5.82 Å². The first-order valence-electron chi connectivity index (χ1n) is 8.79. The molecule has 27 heavy (non-hydrogen) atoms. The van der Waals surface area contributed by atoms with Crippen LogP contribution in [-0.2, 0) is 11.8 Å². The van der Waals surface area contributed by atoms with E-state index >= 15 is 0 Å². The summed E-state index contributed by atoms with van der Waals surface area (Å²) in [6.45, 7) is 3.18. The van der Waals surface area contributed by atoms with E-state index in [2.05, 4.69) is 20.4 Å². The number of morpholine rings is 1. The molecule has 1 aromatic carbocycles. The molecule has 1 amide bonds. The maximum atomic E-state index is 13.4. The number of rotatable bonds is 3. The summed E-state index contributed by atoms with van der Waals surface area (Å²) in [6, 6.07) is 11.8. The summed E-state index contributed by atoms with van der Waals surface area (Å²) in [7, 11) is 1.70. The SMILES string of the molecule is Cc1nccc(-c2ccccc2)c1C(=O)N1CCOC(c2nnn(C)n2)C1. The number of tetrazole rings is 1. The maximum absolute atomic E-state index is 13.4. The summed E-state index contributed by atoms with van der Waals surface area (Å²) in [5.41, 5.74) is 3.21. The molecule has 8 nitrogen and oxygen atoms in total. The molecule has 1 saturated heterocycles. The summed E-state index contributed by atoms with van der Waals surface area (Å²) < 4.78 is 5.75. The van der Waals surface area contributed by atoms with Gasteiger partial charge in [-0.1, -0.05) is 30.3 Å². The predicted octanol–water partition coefficient (Wildman–Crippen LogP) is 1.79. The molecule has 0 bridgehead atoms. The molecule has 0 N–H and O–H groups in total. The second kappa shape index (κ2) is 7.24. The number of nitrogens with zero attached hydrogens (tertiary/aromatic N) is 6. The third-order valence-corrected chi connectivity index (χ3v) is 4.60. The molecule has 0 spiro atoms. The lowest BCUT2D eigenvalue weighted by atomic mass is 9.98. The largest absolute Gasteiger partial charge is 0.366 e. The number of aryl methyl sites for hydroxylation is 2. The van der Waals surface area contributed by atoms with E-state index in [1.165, 1.54) is 4.80 Å². The lowest BCUT2D eigenvalue weighted by Gasteiger charge is -2.32. The highest BCUT2D eigenvalue weighted by Crippen LogP contribution is 2.28. The van der Waals surface area contributed by atoms with E-state index in [1.54, 1.807) is 18.1 Å². The normalized spacial score (nSPS) is 17.1. The molecule has 1 fully saturated rings. The van der Waals surface area contributed by atoms with Crippen LogP contribution in [0.2, 0.25) is 0 Å². The molecule has 4 rings (SSSR count). The summed E-state index contributed by atoms with van der Waals surface area (Å²) in [5, 5.41) is 12.1. The Kier molecular flexibility index (Phi) is 4.64. The number of hydrogen-bond donors (Lipinski definition) is 0. The number of aromatic nitrogens is 5. The highest BCUT2D eigenvalue weighted by Gasteiger charge is 2.30. The zero-order valence-electron chi connectivity index (χ0n) is 15.2. The standard InChI is InChI=1S/C19H20N6O2/c1-13-17(15(8-9-20-13)14-6-4-3-5-7-14)19(26)25-10-11-27-16(12-25)18-21-23-24(2)22-18/h3-9,16H,10-12H2,1-2H3. The zero-order chi connectivity index (χ0) is 18.8. The van der Waals surface area contributed by atoms with E-state index < -0.39 is 0 Å². The van der Waals surface area contributed by atoms with Crippen LogP contribution >= 0.6 is 0 Å². The highest BCUT2D eigenvalue weighted by molar-refractivity contribution is 6.01. The second-order valence-electron chi connectivity index (χ2n) is 6.43. The van der Waals surface area contributed by atoms with Crippen LogP contribution in [0, 0.1) is 6.92 Å². The van der Waals surface area contributed by atoms with Gasteiger partial charge in [0.05, 0.1) is 31.5 Å². The minimum Gasteiger partial charge on any atom is -0.366 e. The van der Waals surface area contributed by atoms with Gasteiger partial charge in [0.15, 0.2) is 0 Å². The fourth-order valence-electron chi connectivity index (χ4n) is 3.27. The van der Waals surface area contributed by atoms with Crippen molar-refractivity contribution in [1.82, 2.24) is 30.1 Å². The maximum Gasteiger partial charge on any atom is 0.256 e. The first kappa shape index (κ1) is 17.3. The van der Waals surface area contributed by atoms with Crippen molar-refractivity contribution < 1.29 is 9.53 Å². The van der Waals surface area contributed by atoms with Gasteiger partial charge in [0.25, 0.3) is 5.91 Å². The summed E-state index contributed by atoms with van der Waals surface area (Å²) in [4.78, 5) is 20.9. The predicted molar refractivity (Wildman–Crippen MR) is 97.8 cm³/mol. The molecule has 0 saturated carbocycles. The van der Waals surface area contributed by atoms with Gasteiger partial charge >= 0.3 is 0 Å². The Balaban J connectivity index is 1.65. The first-order valence-corrected chi connectivity index (χ1v) is 8.79. The summed E-state index contributed by atoms with van der Waals surface area (Å²) in [6.07, 6.45) is 1.36. The van der Waals surface area contributed by atoms with Crippen LogP contribution in [0.5, 0.6) is 0 Å². The smallest absolute Gasteiger partial charge is 0.256 e. The minimum absolute atomic E-state index is 0.0587. The van der Waals surface area contributed by atoms with E-state index in [0.717, 1.165) is 11.1 Å². The number of carbonyl (C=O) groups is 1. The van der Waals surface area contributed by atoms with Crippen LogP contribution in [0.4, 0.5) is 0 Å². The topological polar surface area (TPSA) is 86.0 Å². The van der Waals surface area contributed by atoms with Crippen molar-refractivity contribution in [1.29, 1.82) is 0 Å². The molecule has 0 aliphatic carbocycles. The van der Waals surface area contributed by atoms with E-state index in [-0.39, 0.29) is 12.0 Å². The molecule has 2 aromatic heterocycles. The molecule has 1 aliphatic rings. The first-order chi connectivity index (χ1) is 13.1. The molecule has 8 heteroatoms. The van der Waals surface area contributed by atoms with Crippen molar-refractivity contribution in [3.8, 4) is 11.1 Å². The third kappa shape index (κ3) is 3.43. The van der Waals surface area contributed by atoms with E-state index in [1.807, 2.05) is 43.3 Å². The summed E-state index contributed by atoms with van der Waals surface area (Å²) >= 11 is 0. The van der Waals surface area contributed by atoms with Crippen molar-refractivity contribution >= 4 is 5.91 Å². The van der Waals surface area contributed by atoms with Crippen molar-refractivity contribution in [2.75, 3.05) is 19.7 Å². The number of pyridine rings is 1. The zero-order valence-corrected chi connectivity index (χ0v) is 15.2. The van der Waals surface area contributed by atoms with Gasteiger partial charge in [-0.25, -0.2) is 0 Å². The van der Waals surface area contributed by atoms with E-state index in [4.69, 9.17) is 4.74 Å². The molecule has 3 heterocycles. The number of benzene rings is 1. The van der Waals surface area contributed by atoms with Gasteiger partial charge in [0.1, 0.15) is 6.10 Å². The van der Waals surface area contributed by atoms with Gasteiger partial charge in [-0.05, 0) is 29.3 Å². The lowest BCUT2D eigenvalue weighted by molar-refractivity contribution is -0.0269. The Hall–Kier alpha value is -3.13. The Morgan fingerprint density at radius 1 is 1.22 bits per heavy atom. The van der Waals surface area contributed by atoms with Crippen LogP contribution in [-0.4, -0.2) is 55.7 Å². The Bertz CT molecular complexity index is 956. The fourth-order valence-corrected chi connectivity index (χ4v) is 3.27. The van der Waals surface area contributed by atoms with Gasteiger partial charge in [0, 0.05) is 12.7 Å². The second-order valence-corrected chi connectivity index (χ2v) is 6.43. The van der Waals surface area contributed by atoms with Crippen molar-refractivity contribution in [3.63, 3.8) is 0 Å².